The van der Waals surface area contributed by atoms with Crippen LogP contribution in [0.1, 0.15) is 52.9 Å². The summed E-state index contributed by atoms with van der Waals surface area (Å²) in [6.45, 7) is 14.8. The van der Waals surface area contributed by atoms with Crippen LogP contribution in [0.25, 0.3) is 0 Å². The Balaban J connectivity index is 1.71. The molecular weight excluding hydrogens is 300 g/mol. The van der Waals surface area contributed by atoms with Gasteiger partial charge in [-0.3, -0.25) is 9.89 Å². The molecule has 0 bridgehead atoms. The number of ether oxygens (including phenoxy) is 1. The molecule has 140 valence electrons. The van der Waals surface area contributed by atoms with Gasteiger partial charge in [0, 0.05) is 32.7 Å². The molecule has 1 aliphatic carbocycles. The highest BCUT2D eigenvalue weighted by atomic mass is 16.5. The molecule has 0 unspecified atom stereocenters. The highest BCUT2D eigenvalue weighted by Gasteiger charge is 2.37. The van der Waals surface area contributed by atoms with Crippen LogP contribution in [-0.2, 0) is 4.74 Å². The van der Waals surface area contributed by atoms with E-state index in [1.54, 1.807) is 0 Å². The van der Waals surface area contributed by atoms with Crippen molar-refractivity contribution in [3.63, 3.8) is 0 Å². The largest absolute Gasteiger partial charge is 0.379 e. The van der Waals surface area contributed by atoms with Gasteiger partial charge in [0.15, 0.2) is 5.96 Å². The molecule has 1 saturated carbocycles. The molecule has 0 aromatic rings. The van der Waals surface area contributed by atoms with E-state index in [-0.39, 0.29) is 0 Å². The van der Waals surface area contributed by atoms with Crippen molar-refractivity contribution in [1.82, 2.24) is 15.5 Å². The predicted molar refractivity (Wildman–Crippen MR) is 102 cm³/mol. The number of nitrogens with zero attached hydrogens (tertiary/aromatic N) is 2. The van der Waals surface area contributed by atoms with Crippen molar-refractivity contribution >= 4 is 5.96 Å². The molecule has 2 aliphatic rings. The standard InChI is InChI=1S/C19H38N4O/c1-4-20-18(21-9-6-10-23-11-13-24-14-12-23)22-16-19(7-5-8-19)15-17(2)3/h17H,4-16H2,1-3H3,(H2,20,21,22). The van der Waals surface area contributed by atoms with E-state index < -0.39 is 0 Å². The van der Waals surface area contributed by atoms with Crippen molar-refractivity contribution < 1.29 is 4.74 Å². The van der Waals surface area contributed by atoms with E-state index in [2.05, 4.69) is 36.3 Å². The first kappa shape index (κ1) is 19.5. The number of aliphatic imine (C=N–C) groups is 1. The Hall–Kier alpha value is -0.810. The molecule has 1 saturated heterocycles. The van der Waals surface area contributed by atoms with Crippen LogP contribution in [0, 0.1) is 11.3 Å². The number of morpholine rings is 1. The summed E-state index contributed by atoms with van der Waals surface area (Å²) in [6.07, 6.45) is 6.55. The summed E-state index contributed by atoms with van der Waals surface area (Å²) in [5.74, 6) is 1.76. The fraction of sp³-hybridized carbons (Fsp3) is 0.947. The van der Waals surface area contributed by atoms with Crippen LogP contribution in [0.15, 0.2) is 4.99 Å². The molecule has 2 N–H and O–H groups in total. The van der Waals surface area contributed by atoms with E-state index >= 15 is 0 Å². The van der Waals surface area contributed by atoms with Crippen LogP contribution >= 0.6 is 0 Å². The number of hydrogen-bond acceptors (Lipinski definition) is 3. The smallest absolute Gasteiger partial charge is 0.191 e. The minimum atomic E-state index is 0.477. The van der Waals surface area contributed by atoms with Crippen LogP contribution < -0.4 is 10.6 Å². The Bertz CT molecular complexity index is 374. The highest BCUT2D eigenvalue weighted by molar-refractivity contribution is 5.79. The molecule has 0 radical (unpaired) electrons. The predicted octanol–water partition coefficient (Wildman–Crippen LogP) is 2.48. The zero-order valence-corrected chi connectivity index (χ0v) is 16.1. The second kappa shape index (κ2) is 10.2. The summed E-state index contributed by atoms with van der Waals surface area (Å²) in [4.78, 5) is 7.39. The van der Waals surface area contributed by atoms with Crippen molar-refractivity contribution in [3.8, 4) is 0 Å². The van der Waals surface area contributed by atoms with Gasteiger partial charge in [-0.2, -0.15) is 0 Å². The fourth-order valence-electron chi connectivity index (χ4n) is 3.89. The molecule has 24 heavy (non-hydrogen) atoms. The lowest BCUT2D eigenvalue weighted by atomic mass is 9.64. The first-order chi connectivity index (χ1) is 11.6. The molecule has 1 aliphatic heterocycles. The summed E-state index contributed by atoms with van der Waals surface area (Å²) in [5, 5.41) is 6.92. The van der Waals surface area contributed by atoms with Gasteiger partial charge in [-0.05, 0) is 50.5 Å². The van der Waals surface area contributed by atoms with Gasteiger partial charge in [-0.25, -0.2) is 0 Å². The summed E-state index contributed by atoms with van der Waals surface area (Å²) < 4.78 is 5.40. The Morgan fingerprint density at radius 1 is 1.21 bits per heavy atom. The number of rotatable bonds is 9. The summed E-state index contributed by atoms with van der Waals surface area (Å²) in [6, 6.07) is 0. The number of nitrogens with one attached hydrogen (secondary N) is 2. The Morgan fingerprint density at radius 3 is 2.54 bits per heavy atom. The molecule has 5 nitrogen and oxygen atoms in total. The lowest BCUT2D eigenvalue weighted by molar-refractivity contribution is 0.0376. The minimum Gasteiger partial charge on any atom is -0.379 e. The number of guanidine groups is 1. The first-order valence-corrected chi connectivity index (χ1v) is 9.96. The molecule has 1 heterocycles. The Kier molecular flexibility index (Phi) is 8.33. The Morgan fingerprint density at radius 2 is 1.96 bits per heavy atom. The van der Waals surface area contributed by atoms with Gasteiger partial charge < -0.3 is 15.4 Å². The van der Waals surface area contributed by atoms with E-state index in [1.165, 1.54) is 25.7 Å². The van der Waals surface area contributed by atoms with E-state index in [0.717, 1.165) is 70.8 Å². The topological polar surface area (TPSA) is 48.9 Å². The summed E-state index contributed by atoms with van der Waals surface area (Å²) in [5.41, 5.74) is 0.477. The molecule has 0 aromatic heterocycles. The zero-order chi connectivity index (χ0) is 17.3. The molecule has 5 heteroatoms. The van der Waals surface area contributed by atoms with Crippen molar-refractivity contribution in [3.05, 3.63) is 0 Å². The van der Waals surface area contributed by atoms with Crippen molar-refractivity contribution in [2.45, 2.75) is 52.9 Å². The van der Waals surface area contributed by atoms with Gasteiger partial charge in [0.25, 0.3) is 0 Å². The quantitative estimate of drug-likeness (QED) is 0.385. The van der Waals surface area contributed by atoms with Crippen LogP contribution in [0.3, 0.4) is 0 Å². The van der Waals surface area contributed by atoms with Crippen molar-refractivity contribution in [1.29, 1.82) is 0 Å². The van der Waals surface area contributed by atoms with Crippen LogP contribution in [-0.4, -0.2) is 63.3 Å². The van der Waals surface area contributed by atoms with Gasteiger partial charge in [-0.1, -0.05) is 20.3 Å². The lowest BCUT2D eigenvalue weighted by Gasteiger charge is -2.42. The van der Waals surface area contributed by atoms with Crippen LogP contribution in [0.4, 0.5) is 0 Å². The summed E-state index contributed by atoms with van der Waals surface area (Å²) >= 11 is 0. The summed E-state index contributed by atoms with van der Waals surface area (Å²) in [7, 11) is 0. The van der Waals surface area contributed by atoms with E-state index in [4.69, 9.17) is 9.73 Å². The Labute approximate surface area is 148 Å². The van der Waals surface area contributed by atoms with Gasteiger partial charge in [0.1, 0.15) is 0 Å². The molecule has 0 amide bonds. The van der Waals surface area contributed by atoms with Crippen molar-refractivity contribution in [2.24, 2.45) is 16.3 Å². The lowest BCUT2D eigenvalue weighted by Crippen LogP contribution is -2.42. The van der Waals surface area contributed by atoms with Gasteiger partial charge in [-0.15, -0.1) is 0 Å². The molecule has 0 spiro atoms. The third-order valence-corrected chi connectivity index (χ3v) is 5.22. The zero-order valence-electron chi connectivity index (χ0n) is 16.1. The molecule has 0 aromatic carbocycles. The third-order valence-electron chi connectivity index (χ3n) is 5.22. The normalized spacial score (nSPS) is 21.6. The second-order valence-corrected chi connectivity index (χ2v) is 7.88. The maximum Gasteiger partial charge on any atom is 0.191 e. The maximum atomic E-state index is 5.40. The van der Waals surface area contributed by atoms with E-state index in [1.807, 2.05) is 0 Å². The van der Waals surface area contributed by atoms with Crippen molar-refractivity contribution in [2.75, 3.05) is 52.5 Å². The molecular formula is C19H38N4O. The minimum absolute atomic E-state index is 0.477. The third kappa shape index (κ3) is 6.60. The SMILES string of the molecule is CCNC(=NCC1(CC(C)C)CCC1)NCCCN1CCOCC1. The van der Waals surface area contributed by atoms with Gasteiger partial charge in [0.2, 0.25) is 0 Å². The van der Waals surface area contributed by atoms with E-state index in [0.29, 0.717) is 5.41 Å². The fourth-order valence-corrected chi connectivity index (χ4v) is 3.89. The maximum absolute atomic E-state index is 5.40. The van der Waals surface area contributed by atoms with Gasteiger partial charge >= 0.3 is 0 Å². The number of hydrogen-bond donors (Lipinski definition) is 2. The second-order valence-electron chi connectivity index (χ2n) is 7.88. The van der Waals surface area contributed by atoms with Crippen LogP contribution in [0.2, 0.25) is 0 Å². The molecule has 2 rings (SSSR count). The average molecular weight is 339 g/mol. The molecule has 2 fully saturated rings. The van der Waals surface area contributed by atoms with Gasteiger partial charge in [0.05, 0.1) is 13.2 Å². The van der Waals surface area contributed by atoms with E-state index in [9.17, 15) is 0 Å². The average Bonchev–Trinajstić information content (AvgIpc) is 2.54. The highest BCUT2D eigenvalue weighted by Crippen LogP contribution is 2.46. The monoisotopic (exact) mass is 338 g/mol. The first-order valence-electron chi connectivity index (χ1n) is 9.96. The molecule has 0 atom stereocenters. The van der Waals surface area contributed by atoms with Crippen LogP contribution in [0.5, 0.6) is 0 Å².